The molecule has 1 aromatic rings. The smallest absolute Gasteiger partial charge is 0.310 e. The summed E-state index contributed by atoms with van der Waals surface area (Å²) in [6.45, 7) is 0. The molecule has 10 heavy (non-hydrogen) atoms. The quantitative estimate of drug-likeness (QED) is 0.825. The van der Waals surface area contributed by atoms with E-state index in [4.69, 9.17) is 5.11 Å². The molecule has 0 fully saturated rings. The molecule has 0 aliphatic carbocycles. The van der Waals surface area contributed by atoms with Gasteiger partial charge >= 0.3 is 5.97 Å². The molecule has 0 aliphatic heterocycles. The highest BCUT2D eigenvalue weighted by atomic mass is 79.9. The normalized spacial score (nSPS) is 9.70. The highest BCUT2D eigenvalue weighted by Gasteiger charge is 2.03. The second kappa shape index (κ2) is 3.12. The van der Waals surface area contributed by atoms with Crippen molar-refractivity contribution >= 4 is 33.2 Å². The summed E-state index contributed by atoms with van der Waals surface area (Å²) >= 11 is 4.53. The zero-order valence-electron chi connectivity index (χ0n) is 4.87. The lowest BCUT2D eigenvalue weighted by Gasteiger charge is -1.84. The number of aliphatic carboxylic acids is 1. The van der Waals surface area contributed by atoms with Crippen molar-refractivity contribution < 1.29 is 9.90 Å². The minimum absolute atomic E-state index is 0.0102. The molecular formula is C5H4BrNO2S. The van der Waals surface area contributed by atoms with Gasteiger partial charge in [-0.05, 0) is 15.9 Å². The fourth-order valence-corrected chi connectivity index (χ4v) is 1.79. The van der Waals surface area contributed by atoms with Crippen molar-refractivity contribution in [3.8, 4) is 0 Å². The zero-order chi connectivity index (χ0) is 7.56. The predicted molar refractivity (Wildman–Crippen MR) is 41.2 cm³/mol. The maximum absolute atomic E-state index is 10.1. The Hall–Kier alpha value is -0.420. The fraction of sp³-hybridized carbons (Fsp3) is 0.200. The van der Waals surface area contributed by atoms with E-state index in [9.17, 15) is 4.79 Å². The molecule has 0 unspecified atom stereocenters. The van der Waals surface area contributed by atoms with Crippen LogP contribution in [0.1, 0.15) is 5.01 Å². The van der Waals surface area contributed by atoms with E-state index in [0.717, 1.165) is 3.79 Å². The molecule has 0 aromatic carbocycles. The standard InChI is InChI=1S/C5H4BrNO2S/c6-3-2-7-4(10-3)1-5(8)9/h2H,1H2,(H,8,9). The average molecular weight is 222 g/mol. The van der Waals surface area contributed by atoms with E-state index in [1.54, 1.807) is 6.20 Å². The van der Waals surface area contributed by atoms with Crippen molar-refractivity contribution in [3.05, 3.63) is 15.0 Å². The molecule has 1 N–H and O–H groups in total. The van der Waals surface area contributed by atoms with Gasteiger partial charge in [-0.2, -0.15) is 0 Å². The highest BCUT2D eigenvalue weighted by Crippen LogP contribution is 2.18. The average Bonchev–Trinajstić information content (AvgIpc) is 2.13. The van der Waals surface area contributed by atoms with Gasteiger partial charge in [0.05, 0.1) is 16.4 Å². The number of carbonyl (C=O) groups is 1. The number of rotatable bonds is 2. The Morgan fingerprint density at radius 1 is 1.90 bits per heavy atom. The SMILES string of the molecule is O=C(O)Cc1ncc(Br)s1. The van der Waals surface area contributed by atoms with Crippen LogP contribution in [0.25, 0.3) is 0 Å². The highest BCUT2D eigenvalue weighted by molar-refractivity contribution is 9.11. The maximum Gasteiger partial charge on any atom is 0.310 e. The fourth-order valence-electron chi connectivity index (χ4n) is 0.499. The van der Waals surface area contributed by atoms with Crippen LogP contribution < -0.4 is 0 Å². The molecule has 1 rings (SSSR count). The largest absolute Gasteiger partial charge is 0.481 e. The monoisotopic (exact) mass is 221 g/mol. The first-order valence-electron chi connectivity index (χ1n) is 2.50. The second-order valence-electron chi connectivity index (χ2n) is 1.63. The molecule has 0 radical (unpaired) electrons. The Balaban J connectivity index is 2.67. The summed E-state index contributed by atoms with van der Waals surface area (Å²) in [5.74, 6) is -0.846. The summed E-state index contributed by atoms with van der Waals surface area (Å²) in [6, 6.07) is 0. The van der Waals surface area contributed by atoms with Crippen molar-refractivity contribution in [2.24, 2.45) is 0 Å². The molecule has 0 amide bonds. The molecule has 5 heteroatoms. The number of halogens is 1. The third-order valence-corrected chi connectivity index (χ3v) is 2.30. The van der Waals surface area contributed by atoms with Crippen LogP contribution in [0.3, 0.4) is 0 Å². The van der Waals surface area contributed by atoms with Gasteiger partial charge in [0.1, 0.15) is 5.01 Å². The summed E-state index contributed by atoms with van der Waals surface area (Å²) < 4.78 is 0.865. The van der Waals surface area contributed by atoms with E-state index >= 15 is 0 Å². The van der Waals surface area contributed by atoms with Crippen molar-refractivity contribution in [3.63, 3.8) is 0 Å². The maximum atomic E-state index is 10.1. The summed E-state index contributed by atoms with van der Waals surface area (Å²) in [4.78, 5) is 14.0. The van der Waals surface area contributed by atoms with Crippen LogP contribution in [-0.4, -0.2) is 16.1 Å². The third-order valence-electron chi connectivity index (χ3n) is 0.828. The van der Waals surface area contributed by atoms with Crippen LogP contribution in [0.5, 0.6) is 0 Å². The van der Waals surface area contributed by atoms with Gasteiger partial charge < -0.3 is 5.11 Å². The summed E-state index contributed by atoms with van der Waals surface area (Å²) in [6.07, 6.45) is 1.61. The van der Waals surface area contributed by atoms with Crippen molar-refractivity contribution in [1.82, 2.24) is 4.98 Å². The molecule has 1 heterocycles. The summed E-state index contributed by atoms with van der Waals surface area (Å²) in [7, 11) is 0. The number of hydrogen-bond donors (Lipinski definition) is 1. The Labute approximate surface area is 69.8 Å². The molecule has 0 aliphatic rings. The summed E-state index contributed by atoms with van der Waals surface area (Å²) in [5.41, 5.74) is 0. The lowest BCUT2D eigenvalue weighted by Crippen LogP contribution is -1.98. The second-order valence-corrected chi connectivity index (χ2v) is 4.12. The van der Waals surface area contributed by atoms with Gasteiger partial charge in [0.2, 0.25) is 0 Å². The van der Waals surface area contributed by atoms with Crippen LogP contribution in [-0.2, 0) is 11.2 Å². The lowest BCUT2D eigenvalue weighted by atomic mass is 10.5. The van der Waals surface area contributed by atoms with E-state index in [0.29, 0.717) is 5.01 Å². The topological polar surface area (TPSA) is 50.2 Å². The van der Waals surface area contributed by atoms with Crippen LogP contribution in [0.4, 0.5) is 0 Å². The van der Waals surface area contributed by atoms with Gasteiger partial charge in [0.15, 0.2) is 0 Å². The van der Waals surface area contributed by atoms with Crippen LogP contribution in [0.2, 0.25) is 0 Å². The van der Waals surface area contributed by atoms with Gasteiger partial charge in [-0.3, -0.25) is 4.79 Å². The molecule has 0 atom stereocenters. The third kappa shape index (κ3) is 2.07. The minimum atomic E-state index is -0.846. The van der Waals surface area contributed by atoms with Crippen molar-refractivity contribution in [2.75, 3.05) is 0 Å². The Bertz CT molecular complexity index is 248. The van der Waals surface area contributed by atoms with Crippen molar-refractivity contribution in [2.45, 2.75) is 6.42 Å². The van der Waals surface area contributed by atoms with Crippen molar-refractivity contribution in [1.29, 1.82) is 0 Å². The first-order valence-corrected chi connectivity index (χ1v) is 4.11. The summed E-state index contributed by atoms with van der Waals surface area (Å²) in [5, 5.41) is 8.95. The Morgan fingerprint density at radius 2 is 2.60 bits per heavy atom. The Morgan fingerprint density at radius 3 is 3.00 bits per heavy atom. The van der Waals surface area contributed by atoms with Gasteiger partial charge in [-0.25, -0.2) is 4.98 Å². The molecule has 1 aromatic heterocycles. The zero-order valence-corrected chi connectivity index (χ0v) is 7.28. The molecule has 0 spiro atoms. The molecule has 0 saturated heterocycles. The molecule has 54 valence electrons. The van der Waals surface area contributed by atoms with Crippen LogP contribution in [0, 0.1) is 0 Å². The first kappa shape index (κ1) is 7.68. The van der Waals surface area contributed by atoms with E-state index in [1.807, 2.05) is 0 Å². The van der Waals surface area contributed by atoms with Gasteiger partial charge in [0, 0.05) is 0 Å². The molecular weight excluding hydrogens is 218 g/mol. The van der Waals surface area contributed by atoms with Crippen LogP contribution in [0.15, 0.2) is 9.98 Å². The Kier molecular flexibility index (Phi) is 2.39. The van der Waals surface area contributed by atoms with Gasteiger partial charge in [0.25, 0.3) is 0 Å². The number of thiazole rings is 1. The number of aromatic nitrogens is 1. The number of carboxylic acid groups (broad SMARTS) is 1. The first-order chi connectivity index (χ1) is 4.68. The van der Waals surface area contributed by atoms with E-state index < -0.39 is 5.97 Å². The van der Waals surface area contributed by atoms with E-state index in [-0.39, 0.29) is 6.42 Å². The predicted octanol–water partition coefficient (Wildman–Crippen LogP) is 1.53. The minimum Gasteiger partial charge on any atom is -0.481 e. The molecule has 3 nitrogen and oxygen atoms in total. The lowest BCUT2D eigenvalue weighted by molar-refractivity contribution is -0.136. The molecule has 0 saturated carbocycles. The number of hydrogen-bond acceptors (Lipinski definition) is 3. The van der Waals surface area contributed by atoms with Crippen LogP contribution >= 0.6 is 27.3 Å². The van der Waals surface area contributed by atoms with E-state index in [2.05, 4.69) is 20.9 Å². The molecule has 0 bridgehead atoms. The van der Waals surface area contributed by atoms with Gasteiger partial charge in [-0.15, -0.1) is 11.3 Å². The van der Waals surface area contributed by atoms with E-state index in [1.165, 1.54) is 11.3 Å². The number of carboxylic acids is 1. The van der Waals surface area contributed by atoms with Gasteiger partial charge in [-0.1, -0.05) is 0 Å². The number of nitrogens with zero attached hydrogens (tertiary/aromatic N) is 1.